The maximum atomic E-state index is 13.5. The third-order valence-corrected chi connectivity index (χ3v) is 12.0. The lowest BCUT2D eigenvalue weighted by Crippen LogP contribution is -2.44. The fourth-order valence-electron chi connectivity index (χ4n) is 4.48. The molecule has 1 heterocycles. The van der Waals surface area contributed by atoms with Gasteiger partial charge >= 0.3 is 21.9 Å². The highest BCUT2D eigenvalue weighted by Gasteiger charge is 2.60. The van der Waals surface area contributed by atoms with Crippen molar-refractivity contribution in [3.63, 3.8) is 0 Å². The Bertz CT molecular complexity index is 1620. The number of sulfone groups is 1. The van der Waals surface area contributed by atoms with Gasteiger partial charge in [0.15, 0.2) is 0 Å². The van der Waals surface area contributed by atoms with Crippen molar-refractivity contribution in [2.45, 2.75) is 51.9 Å². The summed E-state index contributed by atoms with van der Waals surface area (Å²) in [7, 11) is -14.7. The van der Waals surface area contributed by atoms with Crippen molar-refractivity contribution in [3.8, 4) is 5.75 Å². The summed E-state index contributed by atoms with van der Waals surface area (Å²) >= 11 is 5.94. The molecule has 19 heteroatoms. The molecule has 2 aromatic carbocycles. The summed E-state index contributed by atoms with van der Waals surface area (Å²) in [5.41, 5.74) is -6.37. The quantitative estimate of drug-likeness (QED) is 0.446. The summed E-state index contributed by atoms with van der Waals surface area (Å²) in [6, 6.07) is 5.00. The zero-order chi connectivity index (χ0) is 29.9. The first-order chi connectivity index (χ1) is 18.2. The zero-order valence-electron chi connectivity index (χ0n) is 19.8. The third-order valence-electron chi connectivity index (χ3n) is 6.69. The maximum Gasteiger partial charge on any atom is 0.573 e. The largest absolute Gasteiger partial charge is 0.573 e. The van der Waals surface area contributed by atoms with Crippen LogP contribution < -0.4 is 9.46 Å². The molecule has 2 aromatic rings. The molecule has 222 valence electrons. The van der Waals surface area contributed by atoms with Gasteiger partial charge in [0.25, 0.3) is 0 Å². The van der Waals surface area contributed by atoms with Crippen LogP contribution in [0.1, 0.15) is 19.3 Å². The molecule has 40 heavy (non-hydrogen) atoms. The van der Waals surface area contributed by atoms with Crippen molar-refractivity contribution in [2.75, 3.05) is 13.1 Å². The van der Waals surface area contributed by atoms with Crippen LogP contribution >= 0.6 is 11.6 Å². The Hall–Kier alpha value is -2.12. The summed E-state index contributed by atoms with van der Waals surface area (Å²) in [5.74, 6) is -0.705. The van der Waals surface area contributed by atoms with Gasteiger partial charge in [0.1, 0.15) is 10.6 Å². The molecule has 1 saturated carbocycles. The van der Waals surface area contributed by atoms with Crippen LogP contribution in [0, 0.1) is 5.41 Å². The SMILES string of the molecule is O=S(=O)(c1ccc(OC(F)(F)F)cc1)c1cc(Cl)ccc1S(=O)(=O)N1CCC2(CC1)CC2NS(=O)(=O)C(F)(F)F. The van der Waals surface area contributed by atoms with E-state index in [-0.39, 0.29) is 37.4 Å². The van der Waals surface area contributed by atoms with Crippen molar-refractivity contribution in [3.05, 3.63) is 47.5 Å². The van der Waals surface area contributed by atoms with Crippen molar-refractivity contribution < 1.29 is 56.3 Å². The van der Waals surface area contributed by atoms with E-state index in [1.807, 2.05) is 0 Å². The van der Waals surface area contributed by atoms with E-state index in [1.165, 1.54) is 0 Å². The van der Waals surface area contributed by atoms with Gasteiger partial charge in [0.05, 0.1) is 9.79 Å². The van der Waals surface area contributed by atoms with E-state index in [0.717, 1.165) is 46.8 Å². The predicted molar refractivity (Wildman–Crippen MR) is 127 cm³/mol. The van der Waals surface area contributed by atoms with Gasteiger partial charge in [-0.3, -0.25) is 0 Å². The Morgan fingerprint density at radius 2 is 1.45 bits per heavy atom. The predicted octanol–water partition coefficient (Wildman–Crippen LogP) is 4.05. The molecule has 9 nitrogen and oxygen atoms in total. The molecular formula is C21H19ClF6N2O7S3. The minimum absolute atomic E-state index is 0.00755. The first-order valence-corrected chi connectivity index (χ1v) is 16.0. The molecular weight excluding hydrogens is 638 g/mol. The number of sulfonamides is 2. The van der Waals surface area contributed by atoms with Crippen LogP contribution in [-0.4, -0.2) is 60.6 Å². The van der Waals surface area contributed by atoms with Gasteiger partial charge in [-0.25, -0.2) is 30.0 Å². The fourth-order valence-corrected chi connectivity index (χ4v) is 9.07. The number of hydrogen-bond donors (Lipinski definition) is 1. The van der Waals surface area contributed by atoms with Crippen molar-refractivity contribution in [1.29, 1.82) is 0 Å². The highest BCUT2D eigenvalue weighted by Crippen LogP contribution is 2.55. The first kappa shape index (κ1) is 30.8. The van der Waals surface area contributed by atoms with Crippen LogP contribution in [0.3, 0.4) is 0 Å². The lowest BCUT2D eigenvalue weighted by molar-refractivity contribution is -0.274. The van der Waals surface area contributed by atoms with Gasteiger partial charge in [0, 0.05) is 24.2 Å². The minimum Gasteiger partial charge on any atom is -0.406 e. The normalized spacial score (nSPS) is 20.4. The molecule has 2 fully saturated rings. The molecule has 1 aliphatic heterocycles. The van der Waals surface area contributed by atoms with E-state index in [1.54, 1.807) is 4.72 Å². The monoisotopic (exact) mass is 656 g/mol. The summed E-state index contributed by atoms with van der Waals surface area (Å²) < 4.78 is 158. The van der Waals surface area contributed by atoms with Crippen LogP contribution in [0.5, 0.6) is 5.75 Å². The summed E-state index contributed by atoms with van der Waals surface area (Å²) in [6.45, 7) is -0.476. The molecule has 1 aliphatic carbocycles. The molecule has 1 N–H and O–H groups in total. The molecule has 2 aliphatic rings. The smallest absolute Gasteiger partial charge is 0.406 e. The number of nitrogens with zero attached hydrogens (tertiary/aromatic N) is 1. The summed E-state index contributed by atoms with van der Waals surface area (Å²) in [6.07, 6.45) is -4.93. The lowest BCUT2D eigenvalue weighted by atomic mass is 9.94. The number of ether oxygens (including phenoxy) is 1. The van der Waals surface area contributed by atoms with E-state index >= 15 is 0 Å². The van der Waals surface area contributed by atoms with E-state index in [4.69, 9.17) is 11.6 Å². The van der Waals surface area contributed by atoms with Gasteiger partial charge < -0.3 is 4.74 Å². The van der Waals surface area contributed by atoms with Gasteiger partial charge in [-0.15, -0.1) is 13.2 Å². The highest BCUT2D eigenvalue weighted by molar-refractivity contribution is 7.93. The van der Waals surface area contributed by atoms with Crippen molar-refractivity contribution >= 4 is 41.5 Å². The Morgan fingerprint density at radius 3 is 1.98 bits per heavy atom. The number of alkyl halides is 6. The van der Waals surface area contributed by atoms with Crippen LogP contribution in [0.4, 0.5) is 26.3 Å². The molecule has 4 rings (SSSR count). The minimum atomic E-state index is -5.58. The van der Waals surface area contributed by atoms with Gasteiger partial charge in [-0.1, -0.05) is 11.6 Å². The average molecular weight is 657 g/mol. The van der Waals surface area contributed by atoms with Gasteiger partial charge in [0.2, 0.25) is 19.9 Å². The van der Waals surface area contributed by atoms with Gasteiger partial charge in [-0.05, 0) is 67.1 Å². The molecule has 0 radical (unpaired) electrons. The van der Waals surface area contributed by atoms with E-state index < -0.39 is 73.6 Å². The topological polar surface area (TPSA) is 127 Å². The van der Waals surface area contributed by atoms with Crippen LogP contribution in [0.15, 0.2) is 57.2 Å². The average Bonchev–Trinajstić information content (AvgIpc) is 3.47. The molecule has 0 amide bonds. The Balaban J connectivity index is 1.57. The third kappa shape index (κ3) is 6.06. The number of rotatable bonds is 7. The molecule has 1 atom stereocenters. The zero-order valence-corrected chi connectivity index (χ0v) is 23.0. The Labute approximate surface area is 230 Å². The molecule has 1 saturated heterocycles. The number of piperidine rings is 1. The number of nitrogens with one attached hydrogen (secondary N) is 1. The molecule has 0 aromatic heterocycles. The van der Waals surface area contributed by atoms with Crippen molar-refractivity contribution in [1.82, 2.24) is 9.03 Å². The maximum absolute atomic E-state index is 13.5. The first-order valence-electron chi connectivity index (χ1n) is 11.2. The van der Waals surface area contributed by atoms with Gasteiger partial charge in [-0.2, -0.15) is 17.5 Å². The summed E-state index contributed by atoms with van der Waals surface area (Å²) in [5, 5.41) is -0.148. The molecule has 1 spiro atoms. The Morgan fingerprint density at radius 1 is 0.875 bits per heavy atom. The van der Waals surface area contributed by atoms with Crippen LogP contribution in [0.25, 0.3) is 0 Å². The number of halogens is 7. The second-order valence-electron chi connectivity index (χ2n) is 9.20. The standard InChI is InChI=1S/C21H19ClF6N2O7S3/c22-13-1-6-16(17(11-13)38(31,32)15-4-2-14(3-5-15)37-20(23,24)25)39(33,34)30-9-7-19(8-10-30)12-18(19)29-40(35,36)21(26,27)28/h1-6,11,18,29H,7-10,12H2. The summed E-state index contributed by atoms with van der Waals surface area (Å²) in [4.78, 5) is -1.96. The van der Waals surface area contributed by atoms with Crippen molar-refractivity contribution in [2.24, 2.45) is 5.41 Å². The number of benzene rings is 2. The highest BCUT2D eigenvalue weighted by atomic mass is 35.5. The van der Waals surface area contributed by atoms with Crippen LogP contribution in [-0.2, 0) is 29.9 Å². The van der Waals surface area contributed by atoms with Crippen LogP contribution in [0.2, 0.25) is 5.02 Å². The molecule has 1 unspecified atom stereocenters. The van der Waals surface area contributed by atoms with E-state index in [9.17, 15) is 51.6 Å². The second-order valence-corrected chi connectivity index (χ2v) is 15.2. The lowest BCUT2D eigenvalue weighted by Gasteiger charge is -2.32. The second kappa shape index (κ2) is 10.0. The van der Waals surface area contributed by atoms with E-state index in [0.29, 0.717) is 0 Å². The van der Waals surface area contributed by atoms with E-state index in [2.05, 4.69) is 4.74 Å². The Kier molecular flexibility index (Phi) is 7.71. The molecule has 0 bridgehead atoms. The fraction of sp³-hybridized carbons (Fsp3) is 0.429. The number of hydrogen-bond acceptors (Lipinski definition) is 7.